The molecule has 5 heteroatoms. The molecule has 15 heavy (non-hydrogen) atoms. The Balaban J connectivity index is 2.62. The fourth-order valence-electron chi connectivity index (χ4n) is 1.29. The van der Waals surface area contributed by atoms with Crippen LogP contribution in [0.15, 0.2) is 10.5 Å². The highest BCUT2D eigenvalue weighted by Gasteiger charge is 2.10. The summed E-state index contributed by atoms with van der Waals surface area (Å²) in [4.78, 5) is 14.9. The van der Waals surface area contributed by atoms with Crippen molar-refractivity contribution in [2.45, 2.75) is 20.4 Å². The number of carbonyl (C=O) groups is 1. The first-order valence-corrected chi connectivity index (χ1v) is 6.32. The molecule has 0 aromatic carbocycles. The molecule has 0 unspecified atom stereocenters. The molecule has 0 bridgehead atoms. The number of thiophene rings is 1. The molecule has 0 spiro atoms. The van der Waals surface area contributed by atoms with E-state index < -0.39 is 5.97 Å². The third-order valence-electron chi connectivity index (χ3n) is 2.09. The first-order valence-electron chi connectivity index (χ1n) is 4.72. The van der Waals surface area contributed by atoms with Crippen LogP contribution >= 0.6 is 27.3 Å². The van der Waals surface area contributed by atoms with Crippen LogP contribution in [0.2, 0.25) is 0 Å². The molecular formula is C10H14BrNO2S. The highest BCUT2D eigenvalue weighted by molar-refractivity contribution is 9.10. The van der Waals surface area contributed by atoms with E-state index in [1.54, 1.807) is 11.3 Å². The van der Waals surface area contributed by atoms with Crippen molar-refractivity contribution in [1.29, 1.82) is 0 Å². The predicted molar refractivity (Wildman–Crippen MR) is 65.3 cm³/mol. The van der Waals surface area contributed by atoms with Gasteiger partial charge >= 0.3 is 5.97 Å². The normalized spacial score (nSPS) is 10.9. The van der Waals surface area contributed by atoms with E-state index >= 15 is 0 Å². The van der Waals surface area contributed by atoms with Gasteiger partial charge in [-0.25, -0.2) is 0 Å². The Morgan fingerprint density at radius 3 is 2.73 bits per heavy atom. The van der Waals surface area contributed by atoms with Crippen molar-refractivity contribution in [3.8, 4) is 0 Å². The third-order valence-corrected chi connectivity index (χ3v) is 4.22. The van der Waals surface area contributed by atoms with Gasteiger partial charge in [0, 0.05) is 20.8 Å². The van der Waals surface area contributed by atoms with Crippen LogP contribution in [0.4, 0.5) is 0 Å². The van der Waals surface area contributed by atoms with Crippen LogP contribution in [-0.4, -0.2) is 29.1 Å². The van der Waals surface area contributed by atoms with Gasteiger partial charge < -0.3 is 5.11 Å². The van der Waals surface area contributed by atoms with Crippen LogP contribution in [0.1, 0.15) is 16.7 Å². The molecule has 0 atom stereocenters. The van der Waals surface area contributed by atoms with Crippen LogP contribution in [0.25, 0.3) is 0 Å². The van der Waals surface area contributed by atoms with E-state index in [1.165, 1.54) is 9.75 Å². The van der Waals surface area contributed by atoms with E-state index in [2.05, 4.69) is 22.0 Å². The highest BCUT2D eigenvalue weighted by Crippen LogP contribution is 2.27. The standard InChI is InChI=1S/C10H14BrNO2S/c1-3-12(6-10(13)14)5-8-4-9(11)7(2)15-8/h4H,3,5-6H2,1-2H3,(H,13,14). The fourth-order valence-corrected chi connectivity index (χ4v) is 2.93. The molecule has 84 valence electrons. The zero-order chi connectivity index (χ0) is 11.4. The van der Waals surface area contributed by atoms with E-state index in [9.17, 15) is 4.79 Å². The lowest BCUT2D eigenvalue weighted by molar-refractivity contribution is -0.138. The number of aryl methyl sites for hydroxylation is 1. The number of halogens is 1. The van der Waals surface area contributed by atoms with E-state index in [-0.39, 0.29) is 6.54 Å². The molecule has 1 rings (SSSR count). The molecule has 0 aliphatic heterocycles. The molecule has 3 nitrogen and oxygen atoms in total. The van der Waals surface area contributed by atoms with Crippen LogP contribution in [0.5, 0.6) is 0 Å². The zero-order valence-electron chi connectivity index (χ0n) is 8.79. The number of carboxylic acid groups (broad SMARTS) is 1. The number of likely N-dealkylation sites (N-methyl/N-ethyl adjacent to an activating group) is 1. The van der Waals surface area contributed by atoms with Gasteiger partial charge in [0.05, 0.1) is 6.54 Å². The van der Waals surface area contributed by atoms with Crippen molar-refractivity contribution in [3.63, 3.8) is 0 Å². The Kier molecular flexibility index (Phi) is 4.76. The molecular weight excluding hydrogens is 278 g/mol. The monoisotopic (exact) mass is 291 g/mol. The van der Waals surface area contributed by atoms with Gasteiger partial charge in [-0.15, -0.1) is 11.3 Å². The molecule has 0 aliphatic carbocycles. The molecule has 0 radical (unpaired) electrons. The maximum atomic E-state index is 10.6. The maximum Gasteiger partial charge on any atom is 0.317 e. The molecule has 1 aromatic rings. The quantitative estimate of drug-likeness (QED) is 0.907. The Bertz CT molecular complexity index is 332. The van der Waals surface area contributed by atoms with Gasteiger partial charge in [-0.2, -0.15) is 0 Å². The van der Waals surface area contributed by atoms with Gasteiger partial charge in [0.1, 0.15) is 0 Å². The fraction of sp³-hybridized carbons (Fsp3) is 0.500. The Labute approximate surface area is 102 Å². The number of hydrogen-bond donors (Lipinski definition) is 1. The second-order valence-corrected chi connectivity index (χ2v) is 5.51. The van der Waals surface area contributed by atoms with E-state index in [1.807, 2.05) is 18.7 Å². The SMILES string of the molecule is CCN(CC(=O)O)Cc1cc(Br)c(C)s1. The Morgan fingerprint density at radius 2 is 2.33 bits per heavy atom. The van der Waals surface area contributed by atoms with Gasteiger partial charge in [-0.05, 0) is 35.5 Å². The largest absolute Gasteiger partial charge is 0.480 e. The smallest absolute Gasteiger partial charge is 0.317 e. The minimum absolute atomic E-state index is 0.102. The molecule has 1 heterocycles. The number of rotatable bonds is 5. The van der Waals surface area contributed by atoms with Gasteiger partial charge in [-0.1, -0.05) is 6.92 Å². The number of carboxylic acids is 1. The molecule has 0 saturated carbocycles. The van der Waals surface area contributed by atoms with E-state index in [0.29, 0.717) is 6.54 Å². The average molecular weight is 292 g/mol. The summed E-state index contributed by atoms with van der Waals surface area (Å²) in [5.74, 6) is -0.774. The minimum Gasteiger partial charge on any atom is -0.480 e. The molecule has 1 N–H and O–H groups in total. The lowest BCUT2D eigenvalue weighted by atomic mass is 10.4. The van der Waals surface area contributed by atoms with Crippen LogP contribution in [0.3, 0.4) is 0 Å². The van der Waals surface area contributed by atoms with Crippen molar-refractivity contribution >= 4 is 33.2 Å². The Hall–Kier alpha value is -0.390. The number of nitrogens with zero attached hydrogens (tertiary/aromatic N) is 1. The summed E-state index contributed by atoms with van der Waals surface area (Å²) in [6.07, 6.45) is 0. The average Bonchev–Trinajstić information content (AvgIpc) is 2.44. The van der Waals surface area contributed by atoms with Gasteiger partial charge in [0.15, 0.2) is 0 Å². The second-order valence-electron chi connectivity index (χ2n) is 3.31. The predicted octanol–water partition coefficient (Wildman–Crippen LogP) is 2.73. The molecule has 1 aromatic heterocycles. The van der Waals surface area contributed by atoms with E-state index in [0.717, 1.165) is 11.0 Å². The third kappa shape index (κ3) is 3.93. The summed E-state index contributed by atoms with van der Waals surface area (Å²) in [7, 11) is 0. The van der Waals surface area contributed by atoms with Gasteiger partial charge in [0.25, 0.3) is 0 Å². The van der Waals surface area contributed by atoms with Crippen molar-refractivity contribution in [1.82, 2.24) is 4.90 Å². The van der Waals surface area contributed by atoms with Crippen LogP contribution in [0, 0.1) is 6.92 Å². The van der Waals surface area contributed by atoms with Crippen LogP contribution in [-0.2, 0) is 11.3 Å². The topological polar surface area (TPSA) is 40.5 Å². The van der Waals surface area contributed by atoms with Crippen molar-refractivity contribution in [2.24, 2.45) is 0 Å². The zero-order valence-corrected chi connectivity index (χ0v) is 11.2. The second kappa shape index (κ2) is 5.63. The first-order chi connectivity index (χ1) is 7.02. The summed E-state index contributed by atoms with van der Waals surface area (Å²) in [6, 6.07) is 2.06. The minimum atomic E-state index is -0.774. The Morgan fingerprint density at radius 1 is 1.67 bits per heavy atom. The lowest BCUT2D eigenvalue weighted by Crippen LogP contribution is -2.28. The summed E-state index contributed by atoms with van der Waals surface area (Å²) >= 11 is 5.16. The molecule has 0 saturated heterocycles. The van der Waals surface area contributed by atoms with Crippen molar-refractivity contribution < 1.29 is 9.90 Å². The van der Waals surface area contributed by atoms with Crippen molar-refractivity contribution in [3.05, 3.63) is 20.3 Å². The van der Waals surface area contributed by atoms with E-state index in [4.69, 9.17) is 5.11 Å². The lowest BCUT2D eigenvalue weighted by Gasteiger charge is -2.16. The molecule has 0 aliphatic rings. The summed E-state index contributed by atoms with van der Waals surface area (Å²) < 4.78 is 1.11. The highest BCUT2D eigenvalue weighted by atomic mass is 79.9. The summed E-state index contributed by atoms with van der Waals surface area (Å²) in [6.45, 7) is 5.58. The molecule has 0 fully saturated rings. The first kappa shape index (κ1) is 12.7. The number of aliphatic carboxylic acids is 1. The number of hydrogen-bond acceptors (Lipinski definition) is 3. The van der Waals surface area contributed by atoms with Gasteiger partial charge in [-0.3, -0.25) is 9.69 Å². The summed E-state index contributed by atoms with van der Waals surface area (Å²) in [5, 5.41) is 8.71. The van der Waals surface area contributed by atoms with Gasteiger partial charge in [0.2, 0.25) is 0 Å². The summed E-state index contributed by atoms with van der Waals surface area (Å²) in [5.41, 5.74) is 0. The molecule has 0 amide bonds. The van der Waals surface area contributed by atoms with Crippen molar-refractivity contribution in [2.75, 3.05) is 13.1 Å². The van der Waals surface area contributed by atoms with Crippen LogP contribution < -0.4 is 0 Å². The maximum absolute atomic E-state index is 10.6.